The predicted octanol–water partition coefficient (Wildman–Crippen LogP) is 2.52. The smallest absolute Gasteiger partial charge is 0.250 e. The van der Waals surface area contributed by atoms with E-state index >= 15 is 0 Å². The topological polar surface area (TPSA) is 65.2 Å². The van der Waals surface area contributed by atoms with Crippen molar-refractivity contribution >= 4 is 21.8 Å². The van der Waals surface area contributed by atoms with Gasteiger partial charge in [-0.15, -0.1) is 0 Å². The third kappa shape index (κ3) is 3.07. The van der Waals surface area contributed by atoms with Gasteiger partial charge in [0.25, 0.3) is 0 Å². The fraction of sp³-hybridized carbons (Fsp3) is 0.0769. The molecule has 0 aliphatic carbocycles. The van der Waals surface area contributed by atoms with Gasteiger partial charge in [-0.05, 0) is 21.5 Å². The van der Waals surface area contributed by atoms with Gasteiger partial charge >= 0.3 is 0 Å². The Morgan fingerprint density at radius 2 is 2.06 bits per heavy atom. The maximum absolute atomic E-state index is 11.2. The maximum atomic E-state index is 11.2. The second-order valence-electron chi connectivity index (χ2n) is 3.64. The van der Waals surface area contributed by atoms with Crippen molar-refractivity contribution in [2.75, 3.05) is 0 Å². The van der Waals surface area contributed by atoms with Crippen LogP contribution in [0.4, 0.5) is 0 Å². The molecule has 5 heteroatoms. The quantitative estimate of drug-likeness (QED) is 0.944. The largest absolute Gasteiger partial charge is 0.473 e. The van der Waals surface area contributed by atoms with E-state index in [1.54, 1.807) is 0 Å². The highest BCUT2D eigenvalue weighted by Gasteiger charge is 2.08. The van der Waals surface area contributed by atoms with Crippen LogP contribution in [0.3, 0.4) is 0 Å². The molecule has 0 unspecified atom stereocenters. The SMILES string of the molecule is NC(=O)c1cc(OCc2ccccc2)ncc1Br. The van der Waals surface area contributed by atoms with Crippen LogP contribution in [0.2, 0.25) is 0 Å². The minimum atomic E-state index is -0.520. The zero-order chi connectivity index (χ0) is 13.0. The number of amides is 1. The van der Waals surface area contributed by atoms with E-state index in [-0.39, 0.29) is 0 Å². The average Bonchev–Trinajstić information content (AvgIpc) is 2.38. The van der Waals surface area contributed by atoms with E-state index in [2.05, 4.69) is 20.9 Å². The zero-order valence-corrected chi connectivity index (χ0v) is 11.1. The summed E-state index contributed by atoms with van der Waals surface area (Å²) in [5.74, 6) is -0.148. The highest BCUT2D eigenvalue weighted by atomic mass is 79.9. The van der Waals surface area contributed by atoms with Gasteiger partial charge in [0.05, 0.1) is 5.56 Å². The number of nitrogens with two attached hydrogens (primary N) is 1. The Kier molecular flexibility index (Phi) is 3.94. The first-order valence-corrected chi connectivity index (χ1v) is 6.08. The molecule has 4 nitrogen and oxygen atoms in total. The standard InChI is InChI=1S/C13H11BrN2O2/c14-11-7-16-12(6-10(11)13(15)17)18-8-9-4-2-1-3-5-9/h1-7H,8H2,(H2,15,17). The van der Waals surface area contributed by atoms with E-state index in [1.807, 2.05) is 30.3 Å². The number of aromatic nitrogens is 1. The monoisotopic (exact) mass is 306 g/mol. The van der Waals surface area contributed by atoms with Crippen molar-refractivity contribution in [3.8, 4) is 5.88 Å². The lowest BCUT2D eigenvalue weighted by atomic mass is 10.2. The van der Waals surface area contributed by atoms with Crippen molar-refractivity contribution < 1.29 is 9.53 Å². The molecule has 0 bridgehead atoms. The maximum Gasteiger partial charge on any atom is 0.250 e. The fourth-order valence-electron chi connectivity index (χ4n) is 1.42. The first-order valence-electron chi connectivity index (χ1n) is 5.29. The van der Waals surface area contributed by atoms with Crippen LogP contribution in [-0.4, -0.2) is 10.9 Å². The average molecular weight is 307 g/mol. The van der Waals surface area contributed by atoms with Gasteiger partial charge in [0.2, 0.25) is 11.8 Å². The molecule has 18 heavy (non-hydrogen) atoms. The molecule has 0 radical (unpaired) electrons. The molecular formula is C13H11BrN2O2. The summed E-state index contributed by atoms with van der Waals surface area (Å²) >= 11 is 3.21. The molecule has 0 atom stereocenters. The number of rotatable bonds is 4. The van der Waals surface area contributed by atoms with E-state index in [4.69, 9.17) is 10.5 Å². The summed E-state index contributed by atoms with van der Waals surface area (Å²) in [6.07, 6.45) is 1.50. The summed E-state index contributed by atoms with van der Waals surface area (Å²) in [6.45, 7) is 0.397. The van der Waals surface area contributed by atoms with Gasteiger partial charge in [-0.1, -0.05) is 30.3 Å². The molecule has 2 rings (SSSR count). The molecule has 0 aliphatic heterocycles. The van der Waals surface area contributed by atoms with Crippen LogP contribution in [0.1, 0.15) is 15.9 Å². The first-order chi connectivity index (χ1) is 8.66. The lowest BCUT2D eigenvalue weighted by molar-refractivity contribution is 0.0999. The van der Waals surface area contributed by atoms with E-state index in [1.165, 1.54) is 12.3 Å². The Morgan fingerprint density at radius 1 is 1.33 bits per heavy atom. The van der Waals surface area contributed by atoms with E-state index in [0.717, 1.165) is 5.56 Å². The number of pyridine rings is 1. The fourth-order valence-corrected chi connectivity index (χ4v) is 1.83. The number of carbonyl (C=O) groups excluding carboxylic acids is 1. The number of nitrogens with zero attached hydrogens (tertiary/aromatic N) is 1. The summed E-state index contributed by atoms with van der Waals surface area (Å²) in [5.41, 5.74) is 6.62. The minimum absolute atomic E-state index is 0.355. The summed E-state index contributed by atoms with van der Waals surface area (Å²) in [7, 11) is 0. The van der Waals surface area contributed by atoms with Crippen LogP contribution in [0.5, 0.6) is 5.88 Å². The van der Waals surface area contributed by atoms with Gasteiger partial charge in [0.1, 0.15) is 6.61 Å². The van der Waals surface area contributed by atoms with Crippen molar-refractivity contribution in [2.24, 2.45) is 5.73 Å². The summed E-state index contributed by atoms with van der Waals surface area (Å²) in [5, 5.41) is 0. The van der Waals surface area contributed by atoms with Crippen LogP contribution >= 0.6 is 15.9 Å². The van der Waals surface area contributed by atoms with Gasteiger partial charge in [0, 0.05) is 16.7 Å². The number of primary amides is 1. The zero-order valence-electron chi connectivity index (χ0n) is 9.47. The Morgan fingerprint density at radius 3 is 2.72 bits per heavy atom. The second-order valence-corrected chi connectivity index (χ2v) is 4.50. The van der Waals surface area contributed by atoms with Crippen LogP contribution in [-0.2, 0) is 6.61 Å². The summed E-state index contributed by atoms with van der Waals surface area (Å²) in [4.78, 5) is 15.2. The summed E-state index contributed by atoms with van der Waals surface area (Å²) in [6, 6.07) is 11.2. The second kappa shape index (κ2) is 5.64. The number of hydrogen-bond acceptors (Lipinski definition) is 3. The molecule has 1 amide bonds. The van der Waals surface area contributed by atoms with Gasteiger partial charge in [-0.3, -0.25) is 4.79 Å². The predicted molar refractivity (Wildman–Crippen MR) is 71.2 cm³/mol. The molecule has 0 aliphatic rings. The third-order valence-electron chi connectivity index (χ3n) is 2.33. The van der Waals surface area contributed by atoms with Crippen molar-refractivity contribution in [3.05, 3.63) is 58.2 Å². The van der Waals surface area contributed by atoms with Gasteiger partial charge in [-0.2, -0.15) is 0 Å². The Bertz CT molecular complexity index is 558. The molecule has 0 saturated heterocycles. The number of halogens is 1. The van der Waals surface area contributed by atoms with E-state index in [9.17, 15) is 4.79 Å². The first kappa shape index (κ1) is 12.6. The number of carbonyl (C=O) groups is 1. The Labute approximate surface area is 113 Å². The molecule has 1 heterocycles. The molecule has 0 saturated carbocycles. The normalized spacial score (nSPS) is 10.1. The molecule has 0 spiro atoms. The van der Waals surface area contributed by atoms with Crippen molar-refractivity contribution in [2.45, 2.75) is 6.61 Å². The van der Waals surface area contributed by atoms with Crippen LogP contribution in [0.15, 0.2) is 47.1 Å². The molecule has 0 fully saturated rings. The van der Waals surface area contributed by atoms with Crippen molar-refractivity contribution in [1.82, 2.24) is 4.98 Å². The lowest BCUT2D eigenvalue weighted by Crippen LogP contribution is -2.12. The van der Waals surface area contributed by atoms with Crippen LogP contribution in [0.25, 0.3) is 0 Å². The van der Waals surface area contributed by atoms with Gasteiger partial charge in [-0.25, -0.2) is 4.98 Å². The number of benzene rings is 1. The van der Waals surface area contributed by atoms with E-state index < -0.39 is 5.91 Å². The molecular weight excluding hydrogens is 296 g/mol. The molecule has 92 valence electrons. The molecule has 2 aromatic rings. The molecule has 1 aromatic heterocycles. The van der Waals surface area contributed by atoms with E-state index in [0.29, 0.717) is 22.5 Å². The van der Waals surface area contributed by atoms with Crippen molar-refractivity contribution in [1.29, 1.82) is 0 Å². The molecule has 1 aromatic carbocycles. The van der Waals surface area contributed by atoms with Gasteiger partial charge in [0.15, 0.2) is 0 Å². The minimum Gasteiger partial charge on any atom is -0.473 e. The van der Waals surface area contributed by atoms with Gasteiger partial charge < -0.3 is 10.5 Å². The van der Waals surface area contributed by atoms with Crippen LogP contribution in [0, 0.1) is 0 Å². The summed E-state index contributed by atoms with van der Waals surface area (Å²) < 4.78 is 6.06. The third-order valence-corrected chi connectivity index (χ3v) is 2.96. The number of hydrogen-bond donors (Lipinski definition) is 1. The van der Waals surface area contributed by atoms with Crippen LogP contribution < -0.4 is 10.5 Å². The Hall–Kier alpha value is -1.88. The Balaban J connectivity index is 2.11. The number of ether oxygens (including phenoxy) is 1. The highest BCUT2D eigenvalue weighted by molar-refractivity contribution is 9.10. The molecule has 2 N–H and O–H groups in total. The lowest BCUT2D eigenvalue weighted by Gasteiger charge is -2.07. The van der Waals surface area contributed by atoms with Crippen molar-refractivity contribution in [3.63, 3.8) is 0 Å². The highest BCUT2D eigenvalue weighted by Crippen LogP contribution is 2.20.